The van der Waals surface area contributed by atoms with Gasteiger partial charge in [0.1, 0.15) is 5.37 Å². The Kier molecular flexibility index (Phi) is 3.75. The quantitative estimate of drug-likeness (QED) is 0.827. The molecule has 0 bridgehead atoms. The van der Waals surface area contributed by atoms with Crippen LogP contribution in [0, 0.1) is 6.92 Å². The van der Waals surface area contributed by atoms with Crippen molar-refractivity contribution in [3.8, 4) is 0 Å². The van der Waals surface area contributed by atoms with Crippen molar-refractivity contribution in [3.05, 3.63) is 45.9 Å². The Bertz CT molecular complexity index is 658. The van der Waals surface area contributed by atoms with Crippen LogP contribution in [-0.2, 0) is 4.79 Å². The summed E-state index contributed by atoms with van der Waals surface area (Å²) in [7, 11) is 0. The fraction of sp³-hybridized carbons (Fsp3) is 0.286. The molecule has 1 amide bonds. The number of halogens is 1. The van der Waals surface area contributed by atoms with Gasteiger partial charge in [-0.1, -0.05) is 29.8 Å². The van der Waals surface area contributed by atoms with Crippen molar-refractivity contribution in [2.45, 2.75) is 24.5 Å². The van der Waals surface area contributed by atoms with Gasteiger partial charge in [-0.3, -0.25) is 9.69 Å². The van der Waals surface area contributed by atoms with Crippen molar-refractivity contribution in [2.24, 2.45) is 0 Å². The van der Waals surface area contributed by atoms with Gasteiger partial charge >= 0.3 is 0 Å². The Morgan fingerprint density at radius 3 is 2.75 bits per heavy atom. The highest BCUT2D eigenvalue weighted by Gasteiger charge is 2.41. The van der Waals surface area contributed by atoms with Gasteiger partial charge in [0.2, 0.25) is 5.91 Å². The molecule has 0 spiro atoms. The van der Waals surface area contributed by atoms with Crippen LogP contribution in [0.15, 0.2) is 30.5 Å². The molecule has 2 atom stereocenters. The molecule has 2 heterocycles. The zero-order valence-electron chi connectivity index (χ0n) is 11.0. The van der Waals surface area contributed by atoms with Crippen LogP contribution in [0.1, 0.15) is 22.7 Å². The molecule has 0 radical (unpaired) electrons. The van der Waals surface area contributed by atoms with Gasteiger partial charge in [0, 0.05) is 21.7 Å². The minimum Gasteiger partial charge on any atom is -0.273 e. The van der Waals surface area contributed by atoms with E-state index in [0.717, 1.165) is 15.6 Å². The largest absolute Gasteiger partial charge is 0.273 e. The average Bonchev–Trinajstić information content (AvgIpc) is 2.95. The summed E-state index contributed by atoms with van der Waals surface area (Å²) in [6, 6.07) is 7.67. The van der Waals surface area contributed by atoms with Gasteiger partial charge in [0.25, 0.3) is 0 Å². The number of rotatable bonds is 2. The summed E-state index contributed by atoms with van der Waals surface area (Å²) in [6.07, 6.45) is 1.80. The summed E-state index contributed by atoms with van der Waals surface area (Å²) in [6.45, 7) is 3.92. The summed E-state index contributed by atoms with van der Waals surface area (Å²) in [4.78, 5) is 19.7. The van der Waals surface area contributed by atoms with Gasteiger partial charge < -0.3 is 0 Å². The van der Waals surface area contributed by atoms with Crippen molar-refractivity contribution in [1.29, 1.82) is 0 Å². The standard InChI is InChI=1S/C14H13ClN2OS2/c1-8-7-16-14(19-8)17-12(18)9(2)20-13(17)10-5-3-4-6-11(10)15/h3-7,9,13H,1-2H3/t9-,13+/m1/s1. The number of nitrogens with zero attached hydrogens (tertiary/aromatic N) is 2. The lowest BCUT2D eigenvalue weighted by atomic mass is 10.2. The number of aryl methyl sites for hydroxylation is 1. The van der Waals surface area contributed by atoms with Gasteiger partial charge in [0.15, 0.2) is 5.13 Å². The van der Waals surface area contributed by atoms with E-state index in [9.17, 15) is 4.79 Å². The number of anilines is 1. The predicted molar refractivity (Wildman–Crippen MR) is 85.6 cm³/mol. The molecule has 1 aliphatic rings. The number of benzene rings is 1. The van der Waals surface area contributed by atoms with E-state index < -0.39 is 0 Å². The van der Waals surface area contributed by atoms with Crippen molar-refractivity contribution in [1.82, 2.24) is 4.98 Å². The fourth-order valence-corrected chi connectivity index (χ4v) is 4.62. The maximum atomic E-state index is 12.4. The number of amides is 1. The number of carbonyl (C=O) groups is 1. The lowest BCUT2D eigenvalue weighted by Gasteiger charge is -2.22. The molecule has 0 saturated carbocycles. The van der Waals surface area contributed by atoms with Gasteiger partial charge in [-0.25, -0.2) is 4.98 Å². The van der Waals surface area contributed by atoms with E-state index in [1.165, 1.54) is 11.3 Å². The maximum Gasteiger partial charge on any atom is 0.242 e. The van der Waals surface area contributed by atoms with Gasteiger partial charge in [0.05, 0.1) is 5.25 Å². The Morgan fingerprint density at radius 1 is 1.35 bits per heavy atom. The van der Waals surface area contributed by atoms with Gasteiger partial charge in [-0.15, -0.1) is 23.1 Å². The van der Waals surface area contributed by atoms with Crippen LogP contribution < -0.4 is 4.90 Å². The third-order valence-corrected chi connectivity index (χ3v) is 5.73. The third-order valence-electron chi connectivity index (χ3n) is 3.14. The molecule has 3 nitrogen and oxygen atoms in total. The van der Waals surface area contributed by atoms with Crippen LogP contribution in [0.4, 0.5) is 5.13 Å². The zero-order chi connectivity index (χ0) is 14.3. The van der Waals surface area contributed by atoms with Crippen LogP contribution in [0.25, 0.3) is 0 Å². The average molecular weight is 325 g/mol. The first-order valence-corrected chi connectivity index (χ1v) is 8.37. The van der Waals surface area contributed by atoms with Crippen molar-refractivity contribution in [3.63, 3.8) is 0 Å². The van der Waals surface area contributed by atoms with E-state index in [-0.39, 0.29) is 16.5 Å². The molecule has 2 aromatic rings. The number of aromatic nitrogens is 1. The highest BCUT2D eigenvalue weighted by molar-refractivity contribution is 8.01. The molecule has 0 aliphatic carbocycles. The molecule has 1 fully saturated rings. The first-order valence-electron chi connectivity index (χ1n) is 6.23. The number of hydrogen-bond acceptors (Lipinski definition) is 4. The van der Waals surface area contributed by atoms with Crippen molar-refractivity contribution >= 4 is 45.7 Å². The van der Waals surface area contributed by atoms with Crippen LogP contribution >= 0.6 is 34.7 Å². The highest BCUT2D eigenvalue weighted by atomic mass is 35.5. The number of thiazole rings is 1. The normalized spacial score (nSPS) is 22.6. The molecular formula is C14H13ClN2OS2. The predicted octanol–water partition coefficient (Wildman–Crippen LogP) is 4.27. The summed E-state index contributed by atoms with van der Waals surface area (Å²) < 4.78 is 0. The Morgan fingerprint density at radius 2 is 2.10 bits per heavy atom. The second-order valence-electron chi connectivity index (χ2n) is 4.61. The first kappa shape index (κ1) is 13.9. The fourth-order valence-electron chi connectivity index (χ4n) is 2.16. The zero-order valence-corrected chi connectivity index (χ0v) is 13.4. The van der Waals surface area contributed by atoms with Crippen LogP contribution in [0.5, 0.6) is 0 Å². The lowest BCUT2D eigenvalue weighted by Crippen LogP contribution is -2.30. The van der Waals surface area contributed by atoms with E-state index in [1.807, 2.05) is 38.1 Å². The molecule has 6 heteroatoms. The topological polar surface area (TPSA) is 33.2 Å². The molecule has 1 aliphatic heterocycles. The molecule has 20 heavy (non-hydrogen) atoms. The lowest BCUT2D eigenvalue weighted by molar-refractivity contribution is -0.117. The van der Waals surface area contributed by atoms with E-state index in [1.54, 1.807) is 22.9 Å². The molecule has 0 unspecified atom stereocenters. The van der Waals surface area contributed by atoms with Gasteiger partial charge in [-0.2, -0.15) is 0 Å². The number of thioether (sulfide) groups is 1. The Labute approximate surface area is 131 Å². The van der Waals surface area contributed by atoms with E-state index in [0.29, 0.717) is 5.02 Å². The van der Waals surface area contributed by atoms with Crippen LogP contribution in [0.3, 0.4) is 0 Å². The monoisotopic (exact) mass is 324 g/mol. The first-order chi connectivity index (χ1) is 9.58. The van der Waals surface area contributed by atoms with E-state index in [4.69, 9.17) is 11.6 Å². The molecular weight excluding hydrogens is 312 g/mol. The molecule has 1 saturated heterocycles. The molecule has 104 valence electrons. The second kappa shape index (κ2) is 5.39. The van der Waals surface area contributed by atoms with E-state index >= 15 is 0 Å². The Hall–Kier alpha value is -1.04. The molecule has 1 aromatic carbocycles. The van der Waals surface area contributed by atoms with Gasteiger partial charge in [-0.05, 0) is 19.9 Å². The minimum atomic E-state index is -0.100. The molecule has 0 N–H and O–H groups in total. The minimum absolute atomic E-state index is 0.0829. The summed E-state index contributed by atoms with van der Waals surface area (Å²) in [5, 5.41) is 1.25. The SMILES string of the molecule is Cc1cnc(N2C(=O)[C@@H](C)S[C@H]2c2ccccc2Cl)s1. The smallest absolute Gasteiger partial charge is 0.242 e. The van der Waals surface area contributed by atoms with Crippen LogP contribution in [0.2, 0.25) is 5.02 Å². The Balaban J connectivity index is 2.05. The van der Waals surface area contributed by atoms with Crippen molar-refractivity contribution in [2.75, 3.05) is 4.90 Å². The summed E-state index contributed by atoms with van der Waals surface area (Å²) >= 11 is 9.43. The second-order valence-corrected chi connectivity index (χ2v) is 7.66. The summed E-state index contributed by atoms with van der Waals surface area (Å²) in [5.74, 6) is 0.0919. The number of carbonyl (C=O) groups excluding carboxylic acids is 1. The summed E-state index contributed by atoms with van der Waals surface area (Å²) in [5.41, 5.74) is 0.963. The maximum absolute atomic E-state index is 12.4. The molecule has 3 rings (SSSR count). The van der Waals surface area contributed by atoms with Crippen LogP contribution in [-0.4, -0.2) is 16.1 Å². The third kappa shape index (κ3) is 2.34. The highest BCUT2D eigenvalue weighted by Crippen LogP contribution is 2.47. The molecule has 1 aromatic heterocycles. The van der Waals surface area contributed by atoms with Crippen molar-refractivity contribution < 1.29 is 4.79 Å². The number of hydrogen-bond donors (Lipinski definition) is 0. The van der Waals surface area contributed by atoms with E-state index in [2.05, 4.69) is 4.98 Å².